The van der Waals surface area contributed by atoms with E-state index in [2.05, 4.69) is 43.9 Å². The quantitative estimate of drug-likeness (QED) is 0.223. The maximum atomic E-state index is 4.59. The maximum absolute atomic E-state index is 4.59. The van der Waals surface area contributed by atoms with Crippen LogP contribution in [0.4, 0.5) is 0 Å². The van der Waals surface area contributed by atoms with Crippen LogP contribution in [0.15, 0.2) is 34.8 Å². The van der Waals surface area contributed by atoms with E-state index in [4.69, 9.17) is 0 Å². The van der Waals surface area contributed by atoms with E-state index in [1.165, 1.54) is 38.5 Å². The fourth-order valence-corrected chi connectivity index (χ4v) is 2.46. The summed E-state index contributed by atoms with van der Waals surface area (Å²) in [5, 5.41) is 0. The van der Waals surface area contributed by atoms with E-state index in [0.29, 0.717) is 0 Å². The van der Waals surface area contributed by atoms with Crippen molar-refractivity contribution in [2.75, 3.05) is 0 Å². The minimum atomic E-state index is 0.0455. The molecule has 21 heavy (non-hydrogen) atoms. The first-order valence-corrected chi connectivity index (χ1v) is 8.39. The molecular weight excluding hydrogens is 255 g/mol. The lowest BCUT2D eigenvalue weighted by molar-refractivity contribution is 0.360. The summed E-state index contributed by atoms with van der Waals surface area (Å²) in [6.45, 7) is 14.4. The minimum absolute atomic E-state index is 0.0455. The predicted octanol–water partition coefficient (Wildman–Crippen LogP) is 4.91. The van der Waals surface area contributed by atoms with Gasteiger partial charge >= 0.3 is 0 Å². The monoisotopic (exact) mass is 288 g/mol. The van der Waals surface area contributed by atoms with Gasteiger partial charge in [-0.15, -0.1) is 6.58 Å². The van der Waals surface area contributed by atoms with Gasteiger partial charge in [0.25, 0.3) is 0 Å². The molecule has 0 amide bonds. The molecule has 0 N–H and O–H groups in total. The second kappa shape index (κ2) is 11.5. The summed E-state index contributed by atoms with van der Waals surface area (Å²) >= 11 is 0. The van der Waals surface area contributed by atoms with Crippen molar-refractivity contribution in [3.05, 3.63) is 24.8 Å². The van der Waals surface area contributed by atoms with Crippen molar-refractivity contribution in [1.29, 1.82) is 0 Å². The molecule has 0 rings (SSSR count). The van der Waals surface area contributed by atoms with Gasteiger partial charge in [0.05, 0.1) is 0 Å². The highest BCUT2D eigenvalue weighted by atomic mass is 14.9. The van der Waals surface area contributed by atoms with Crippen LogP contribution in [0, 0.1) is 5.41 Å². The largest absolute Gasteiger partial charge is 0.241 e. The standard InChI is InChI=1S/C18H33BN2/c1-6-9-11-12-14-18(5,13-10-7-2)17(20-8-3)21-15-16(4)19/h8,15H,3-4,6-7,9-14,19H2,1-2,5H3/b20-17-,21-15-. The summed E-state index contributed by atoms with van der Waals surface area (Å²) in [6, 6.07) is 0. The Morgan fingerprint density at radius 3 is 2.24 bits per heavy atom. The fraction of sp³-hybridized carbons (Fsp3) is 0.667. The van der Waals surface area contributed by atoms with Gasteiger partial charge in [-0.1, -0.05) is 71.3 Å². The molecule has 0 bridgehead atoms. The van der Waals surface area contributed by atoms with E-state index in [1.54, 1.807) is 6.20 Å². The molecule has 0 aromatic rings. The van der Waals surface area contributed by atoms with Crippen molar-refractivity contribution in [3.63, 3.8) is 0 Å². The summed E-state index contributed by atoms with van der Waals surface area (Å²) in [4.78, 5) is 9.05. The number of hydrogen-bond acceptors (Lipinski definition) is 1. The minimum Gasteiger partial charge on any atom is -0.241 e. The third-order valence-corrected chi connectivity index (χ3v) is 3.82. The number of amidine groups is 1. The first-order chi connectivity index (χ1) is 10.00. The molecular formula is C18H33BN2. The molecule has 118 valence electrons. The van der Waals surface area contributed by atoms with E-state index in [-0.39, 0.29) is 5.41 Å². The van der Waals surface area contributed by atoms with Crippen molar-refractivity contribution >= 4 is 19.9 Å². The molecule has 0 aliphatic heterocycles. The van der Waals surface area contributed by atoms with Crippen LogP contribution in [0.5, 0.6) is 0 Å². The van der Waals surface area contributed by atoms with Gasteiger partial charge in [0, 0.05) is 17.8 Å². The van der Waals surface area contributed by atoms with Gasteiger partial charge in [-0.05, 0) is 12.8 Å². The van der Waals surface area contributed by atoms with Gasteiger partial charge in [0.15, 0.2) is 0 Å². The van der Waals surface area contributed by atoms with Crippen LogP contribution in [-0.2, 0) is 0 Å². The molecule has 0 aromatic carbocycles. The van der Waals surface area contributed by atoms with Crippen LogP contribution < -0.4 is 0 Å². The van der Waals surface area contributed by atoms with Crippen LogP contribution in [0.2, 0.25) is 0 Å². The first-order valence-electron chi connectivity index (χ1n) is 8.39. The molecule has 0 fully saturated rings. The predicted molar refractivity (Wildman–Crippen MR) is 100 cm³/mol. The molecule has 3 heteroatoms. The van der Waals surface area contributed by atoms with Gasteiger partial charge in [0.2, 0.25) is 0 Å². The SMILES string of the molecule is BC(=C)/C=N\C(=N/C=C)C(C)(CCCC)CCCCCC. The van der Waals surface area contributed by atoms with Crippen molar-refractivity contribution < 1.29 is 0 Å². The zero-order chi connectivity index (χ0) is 16.1. The zero-order valence-corrected chi connectivity index (χ0v) is 14.6. The Hall–Kier alpha value is -1.12. The molecule has 2 nitrogen and oxygen atoms in total. The van der Waals surface area contributed by atoms with Crippen LogP contribution in [0.3, 0.4) is 0 Å². The van der Waals surface area contributed by atoms with Crippen LogP contribution in [0.1, 0.15) is 72.1 Å². The lowest BCUT2D eigenvalue weighted by atomic mass is 9.78. The lowest BCUT2D eigenvalue weighted by Gasteiger charge is -2.29. The molecule has 0 saturated heterocycles. The zero-order valence-electron chi connectivity index (χ0n) is 14.6. The van der Waals surface area contributed by atoms with Crippen molar-refractivity contribution in [2.24, 2.45) is 15.4 Å². The molecule has 0 radical (unpaired) electrons. The van der Waals surface area contributed by atoms with Gasteiger partial charge in [-0.25, -0.2) is 9.98 Å². The van der Waals surface area contributed by atoms with Crippen LogP contribution in [0.25, 0.3) is 0 Å². The third-order valence-electron chi connectivity index (χ3n) is 3.82. The number of nitrogens with zero attached hydrogens (tertiary/aromatic N) is 2. The Balaban J connectivity index is 5.05. The fourth-order valence-electron chi connectivity index (χ4n) is 2.46. The van der Waals surface area contributed by atoms with Gasteiger partial charge in [-0.2, -0.15) is 0 Å². The van der Waals surface area contributed by atoms with E-state index in [0.717, 1.165) is 24.1 Å². The summed E-state index contributed by atoms with van der Waals surface area (Å²) in [6.07, 6.45) is 13.2. The maximum Gasteiger partial charge on any atom is 0.140 e. The average Bonchev–Trinajstić information content (AvgIpc) is 2.45. The second-order valence-electron chi connectivity index (χ2n) is 6.21. The topological polar surface area (TPSA) is 24.7 Å². The van der Waals surface area contributed by atoms with E-state index in [1.807, 2.05) is 14.1 Å². The van der Waals surface area contributed by atoms with E-state index < -0.39 is 0 Å². The third kappa shape index (κ3) is 8.69. The Morgan fingerprint density at radius 2 is 1.71 bits per heavy atom. The smallest absolute Gasteiger partial charge is 0.140 e. The lowest BCUT2D eigenvalue weighted by Crippen LogP contribution is -2.27. The summed E-state index contributed by atoms with van der Waals surface area (Å²) in [7, 11) is 1.96. The molecule has 0 aliphatic rings. The number of hydrogen-bond donors (Lipinski definition) is 0. The number of aliphatic imine (C=N–C) groups is 2. The number of allylic oxidation sites excluding steroid dienone is 1. The van der Waals surface area contributed by atoms with Gasteiger partial charge in [0.1, 0.15) is 13.7 Å². The molecule has 0 spiro atoms. The van der Waals surface area contributed by atoms with Crippen molar-refractivity contribution in [2.45, 2.75) is 72.1 Å². The second-order valence-corrected chi connectivity index (χ2v) is 6.21. The van der Waals surface area contributed by atoms with Crippen LogP contribution >= 0.6 is 0 Å². The highest BCUT2D eigenvalue weighted by molar-refractivity contribution is 6.33. The highest BCUT2D eigenvalue weighted by Gasteiger charge is 2.29. The number of unbranched alkanes of at least 4 members (excludes halogenated alkanes) is 4. The molecule has 0 saturated carbocycles. The molecule has 1 atom stereocenters. The normalized spacial score (nSPS) is 15.1. The molecule has 0 aromatic heterocycles. The molecule has 1 unspecified atom stereocenters. The average molecular weight is 288 g/mol. The Labute approximate surface area is 133 Å². The summed E-state index contributed by atoms with van der Waals surface area (Å²) in [5.41, 5.74) is 1.000. The van der Waals surface area contributed by atoms with Gasteiger partial charge < -0.3 is 0 Å². The molecule has 0 aliphatic carbocycles. The highest BCUT2D eigenvalue weighted by Crippen LogP contribution is 2.33. The van der Waals surface area contributed by atoms with Gasteiger partial charge in [-0.3, -0.25) is 0 Å². The van der Waals surface area contributed by atoms with Crippen molar-refractivity contribution in [3.8, 4) is 0 Å². The van der Waals surface area contributed by atoms with E-state index >= 15 is 0 Å². The first kappa shape index (κ1) is 19.9. The van der Waals surface area contributed by atoms with Crippen LogP contribution in [-0.4, -0.2) is 19.9 Å². The Morgan fingerprint density at radius 1 is 1.10 bits per heavy atom. The summed E-state index contributed by atoms with van der Waals surface area (Å²) in [5.74, 6) is 0.908. The van der Waals surface area contributed by atoms with E-state index in [9.17, 15) is 0 Å². The summed E-state index contributed by atoms with van der Waals surface area (Å²) < 4.78 is 0. The molecule has 0 heterocycles. The Bertz CT molecular complexity index is 371. The van der Waals surface area contributed by atoms with Crippen molar-refractivity contribution in [1.82, 2.24) is 0 Å². The number of rotatable bonds is 11. The Kier molecular flexibility index (Phi) is 10.9.